The van der Waals surface area contributed by atoms with Gasteiger partial charge in [0, 0.05) is 6.92 Å². The first-order chi connectivity index (χ1) is 3.95. The van der Waals surface area contributed by atoms with Crippen LogP contribution >= 0.6 is 0 Å². The lowest BCUT2D eigenvalue weighted by Crippen LogP contribution is -2.17. The quantitative estimate of drug-likeness (QED) is 0.326. The normalized spacial score (nSPS) is 13.7. The Labute approximate surface area is 50.5 Å². The second kappa shape index (κ2) is 2.72. The first-order valence-corrected chi connectivity index (χ1v) is 2.26. The van der Waals surface area contributed by atoms with Crippen LogP contribution in [0, 0.1) is 0 Å². The molecule has 9 heavy (non-hydrogen) atoms. The van der Waals surface area contributed by atoms with Crippen LogP contribution < -0.4 is 0 Å². The molecule has 0 atom stereocenters. The van der Waals surface area contributed by atoms with E-state index in [0.717, 1.165) is 0 Å². The number of hydrogen-bond donors (Lipinski definition) is 0. The lowest BCUT2D eigenvalue weighted by Gasteiger charge is -1.97. The van der Waals surface area contributed by atoms with E-state index in [-0.39, 0.29) is 5.76 Å². The fraction of sp³-hybridized carbons (Fsp3) is 0.500. The van der Waals surface area contributed by atoms with Gasteiger partial charge >= 0.3 is 5.31 Å². The van der Waals surface area contributed by atoms with Gasteiger partial charge in [0.2, 0.25) is 0 Å². The molecule has 0 amide bonds. The summed E-state index contributed by atoms with van der Waals surface area (Å²) in [4.78, 5) is 3.39. The van der Waals surface area contributed by atoms with E-state index in [0.29, 0.717) is 0 Å². The molecule has 0 bridgehead atoms. The van der Waals surface area contributed by atoms with Crippen molar-refractivity contribution in [1.29, 1.82) is 0 Å². The predicted molar refractivity (Wildman–Crippen MR) is 24.1 cm³/mol. The maximum Gasteiger partial charge on any atom is 0.435 e. The van der Waals surface area contributed by atoms with Gasteiger partial charge in [0.25, 0.3) is 0 Å². The smallest absolute Gasteiger partial charge is 0.198 e. The Morgan fingerprint density at radius 2 is 1.89 bits per heavy atom. The lowest BCUT2D eigenvalue weighted by atomic mass is 10.5. The summed E-state index contributed by atoms with van der Waals surface area (Å²) in [5, 5.41) is -3.98. The summed E-state index contributed by atoms with van der Waals surface area (Å²) in [6, 6.07) is 0. The van der Waals surface area contributed by atoms with Crippen LogP contribution in [0.25, 0.3) is 0 Å². The first-order valence-electron chi connectivity index (χ1n) is 2.26. The maximum absolute atomic E-state index is 11.2. The molecule has 0 aromatic heterocycles. The van der Waals surface area contributed by atoms with Crippen molar-refractivity contribution in [2.75, 3.05) is 0 Å². The monoisotopic (exact) mass is 142 g/mol. The van der Waals surface area contributed by atoms with E-state index in [2.05, 4.69) is 4.84 Å². The van der Waals surface area contributed by atoms with Gasteiger partial charge in [-0.3, -0.25) is 0 Å². The van der Waals surface area contributed by atoms with E-state index in [1.54, 1.807) is 0 Å². The summed E-state index contributed by atoms with van der Waals surface area (Å²) in [6.45, 7) is 2.69. The summed E-state index contributed by atoms with van der Waals surface area (Å²) < 4.78 is 33.5. The van der Waals surface area contributed by atoms with Crippen molar-refractivity contribution >= 4 is 0 Å². The van der Waals surface area contributed by atoms with Crippen LogP contribution in [0.3, 0.4) is 0 Å². The van der Waals surface area contributed by atoms with Gasteiger partial charge in [0.1, 0.15) is 13.4 Å². The third-order valence-corrected chi connectivity index (χ3v) is 0.654. The van der Waals surface area contributed by atoms with Crippen LogP contribution in [0.2, 0.25) is 0 Å². The van der Waals surface area contributed by atoms with Crippen molar-refractivity contribution in [1.82, 2.24) is 0 Å². The molecule has 0 aromatic carbocycles. The molecular weight excluding hydrogens is 135 g/mol. The SMILES string of the molecule is CC=C(C)O[N+](F)(F)F. The van der Waals surface area contributed by atoms with Crippen LogP contribution in [0.5, 0.6) is 0 Å². The predicted octanol–water partition coefficient (Wildman–Crippen LogP) is 2.31. The van der Waals surface area contributed by atoms with Crippen molar-refractivity contribution in [3.63, 3.8) is 0 Å². The molecule has 54 valence electrons. The van der Waals surface area contributed by atoms with Crippen LogP contribution in [0.15, 0.2) is 11.8 Å². The highest BCUT2D eigenvalue weighted by Crippen LogP contribution is 2.15. The van der Waals surface area contributed by atoms with Crippen molar-refractivity contribution in [2.45, 2.75) is 13.8 Å². The van der Waals surface area contributed by atoms with Crippen molar-refractivity contribution in [3.05, 3.63) is 11.8 Å². The van der Waals surface area contributed by atoms with Crippen LogP contribution in [-0.4, -0.2) is 5.31 Å². The topological polar surface area (TPSA) is 9.23 Å². The van der Waals surface area contributed by atoms with Crippen LogP contribution in [0.1, 0.15) is 13.8 Å². The van der Waals surface area contributed by atoms with E-state index in [4.69, 9.17) is 0 Å². The molecule has 0 N–H and O–H groups in total. The Morgan fingerprint density at radius 1 is 1.44 bits per heavy atom. The van der Waals surface area contributed by atoms with E-state index in [1.165, 1.54) is 19.9 Å². The summed E-state index contributed by atoms with van der Waals surface area (Å²) in [7, 11) is 0. The maximum atomic E-state index is 11.2. The molecule has 0 fully saturated rings. The fourth-order valence-corrected chi connectivity index (χ4v) is 0.216. The number of rotatable bonds is 2. The molecule has 0 saturated carbocycles. The Bertz CT molecular complexity index is 117. The molecule has 0 rings (SSSR count). The third-order valence-electron chi connectivity index (χ3n) is 0.654. The van der Waals surface area contributed by atoms with Gasteiger partial charge in [0.05, 0.1) is 0 Å². The Kier molecular flexibility index (Phi) is 2.51. The summed E-state index contributed by atoms with van der Waals surface area (Å²) in [6.07, 6.45) is 1.23. The Balaban J connectivity index is 3.75. The number of nitrogens with zero attached hydrogens (tertiary/aromatic N) is 1. The van der Waals surface area contributed by atoms with Gasteiger partial charge in [-0.15, -0.1) is 0 Å². The van der Waals surface area contributed by atoms with Crippen LogP contribution in [0.4, 0.5) is 13.4 Å². The number of hydrogen-bond acceptors (Lipinski definition) is 1. The van der Waals surface area contributed by atoms with Crippen molar-refractivity contribution < 1.29 is 23.6 Å². The van der Waals surface area contributed by atoms with E-state index >= 15 is 0 Å². The minimum atomic E-state index is -3.98. The third kappa shape index (κ3) is 5.16. The largest absolute Gasteiger partial charge is 0.435 e. The number of quaternary nitrogens is 1. The number of allylic oxidation sites excluding steroid dienone is 2. The highest BCUT2D eigenvalue weighted by molar-refractivity contribution is 4.81. The van der Waals surface area contributed by atoms with Gasteiger partial charge in [-0.2, -0.15) is 4.84 Å². The van der Waals surface area contributed by atoms with Crippen molar-refractivity contribution in [3.8, 4) is 0 Å². The molecule has 0 aliphatic heterocycles. The summed E-state index contributed by atoms with van der Waals surface area (Å²) in [5.41, 5.74) is 0. The number of halogens is 3. The van der Waals surface area contributed by atoms with Crippen molar-refractivity contribution in [2.24, 2.45) is 0 Å². The van der Waals surface area contributed by atoms with Gasteiger partial charge in [-0.25, -0.2) is 0 Å². The van der Waals surface area contributed by atoms with Gasteiger partial charge < -0.3 is 0 Å². The molecular formula is C4H7F3NO+. The second-order valence-electron chi connectivity index (χ2n) is 1.39. The Hall–Kier alpha value is -0.710. The van der Waals surface area contributed by atoms with E-state index < -0.39 is 5.31 Å². The Morgan fingerprint density at radius 3 is 2.00 bits per heavy atom. The average Bonchev–Trinajstić information content (AvgIpc) is 1.62. The lowest BCUT2D eigenvalue weighted by molar-refractivity contribution is -1.39. The van der Waals surface area contributed by atoms with Gasteiger partial charge in [-0.05, 0) is 13.0 Å². The van der Waals surface area contributed by atoms with E-state index in [9.17, 15) is 13.4 Å². The summed E-state index contributed by atoms with van der Waals surface area (Å²) >= 11 is 0. The molecule has 0 radical (unpaired) electrons. The molecule has 0 saturated heterocycles. The molecule has 5 heteroatoms. The molecule has 0 spiro atoms. The van der Waals surface area contributed by atoms with E-state index in [1.807, 2.05) is 0 Å². The molecule has 0 heterocycles. The van der Waals surface area contributed by atoms with Crippen LogP contribution in [-0.2, 0) is 4.84 Å². The average molecular weight is 142 g/mol. The van der Waals surface area contributed by atoms with Gasteiger partial charge in [0.15, 0.2) is 5.76 Å². The second-order valence-corrected chi connectivity index (χ2v) is 1.39. The minimum Gasteiger partial charge on any atom is -0.198 e. The standard InChI is InChI=1S/C4H7F3NO/c1-3-4(2)9-8(5,6)7/h3H,1-2H3/q+1. The first kappa shape index (κ1) is 8.29. The fourth-order valence-electron chi connectivity index (χ4n) is 0.216. The zero-order valence-corrected chi connectivity index (χ0v) is 5.07. The molecule has 0 aliphatic rings. The highest BCUT2D eigenvalue weighted by atomic mass is 19.6. The highest BCUT2D eigenvalue weighted by Gasteiger charge is 2.34. The summed E-state index contributed by atoms with van der Waals surface area (Å²) in [5.74, 6) is -0.164. The molecule has 0 aliphatic carbocycles. The minimum absolute atomic E-state index is 0.164. The molecule has 0 unspecified atom stereocenters. The molecule has 0 aromatic rings. The zero-order valence-electron chi connectivity index (χ0n) is 5.07. The zero-order chi connectivity index (χ0) is 7.49. The van der Waals surface area contributed by atoms with Gasteiger partial charge in [-0.1, -0.05) is 0 Å². The molecule has 2 nitrogen and oxygen atoms in total.